The van der Waals surface area contributed by atoms with Gasteiger partial charge in [0, 0.05) is 5.69 Å². The molecular weight excluding hydrogens is 222 g/mol. The van der Waals surface area contributed by atoms with Crippen molar-refractivity contribution in [3.8, 4) is 0 Å². The van der Waals surface area contributed by atoms with Crippen LogP contribution in [0.5, 0.6) is 0 Å². The van der Waals surface area contributed by atoms with E-state index < -0.39 is 18.0 Å². The summed E-state index contributed by atoms with van der Waals surface area (Å²) in [5.41, 5.74) is 5.49. The van der Waals surface area contributed by atoms with Gasteiger partial charge < -0.3 is 5.73 Å². The second kappa shape index (κ2) is 4.25. The maximum atomic E-state index is 11.6. The van der Waals surface area contributed by atoms with Gasteiger partial charge in [0.2, 0.25) is 5.91 Å². The Morgan fingerprint density at radius 2 is 1.94 bits per heavy atom. The van der Waals surface area contributed by atoms with E-state index in [-0.39, 0.29) is 12.3 Å². The van der Waals surface area contributed by atoms with Gasteiger partial charge in [-0.1, -0.05) is 18.2 Å². The molecule has 1 heterocycles. The van der Waals surface area contributed by atoms with E-state index in [1.807, 2.05) is 11.4 Å². The van der Waals surface area contributed by atoms with Crippen molar-refractivity contribution in [1.29, 1.82) is 0 Å². The fourth-order valence-corrected chi connectivity index (χ4v) is 1.74. The van der Waals surface area contributed by atoms with Crippen LogP contribution in [0.2, 0.25) is 0 Å². The fourth-order valence-electron chi connectivity index (χ4n) is 1.74. The van der Waals surface area contributed by atoms with Crippen LogP contribution in [0, 0.1) is 0 Å². The van der Waals surface area contributed by atoms with E-state index in [0.29, 0.717) is 5.69 Å². The molecule has 0 radical (unpaired) electrons. The predicted octanol–water partition coefficient (Wildman–Crippen LogP) is -0.0132. The van der Waals surface area contributed by atoms with Crippen LogP contribution in [0.4, 0.5) is 10.5 Å². The first-order chi connectivity index (χ1) is 8.09. The molecule has 4 amide bonds. The summed E-state index contributed by atoms with van der Waals surface area (Å²) in [5.74, 6) is -0.707. The molecule has 0 spiro atoms. The van der Waals surface area contributed by atoms with Gasteiger partial charge >= 0.3 is 6.03 Å². The zero-order valence-electron chi connectivity index (χ0n) is 8.92. The number of rotatable bonds is 2. The number of carbonyl (C=O) groups is 3. The molecule has 2 rings (SSSR count). The number of carbonyl (C=O) groups excluding carboxylic acids is 3. The maximum absolute atomic E-state index is 11.6. The van der Waals surface area contributed by atoms with Crippen LogP contribution in [0.1, 0.15) is 6.42 Å². The summed E-state index contributed by atoms with van der Waals surface area (Å²) >= 11 is 0. The normalized spacial score (nSPS) is 18.5. The lowest BCUT2D eigenvalue weighted by molar-refractivity contribution is -0.132. The Kier molecular flexibility index (Phi) is 2.78. The van der Waals surface area contributed by atoms with Crippen molar-refractivity contribution in [1.82, 2.24) is 5.32 Å². The third-order valence-electron chi connectivity index (χ3n) is 2.53. The van der Waals surface area contributed by atoms with Crippen LogP contribution in [0.15, 0.2) is 30.3 Å². The molecule has 0 aromatic heterocycles. The van der Waals surface area contributed by atoms with Gasteiger partial charge in [-0.3, -0.25) is 19.8 Å². The summed E-state index contributed by atoms with van der Waals surface area (Å²) in [6, 6.07) is 7.23. The number of amides is 4. The number of primary amides is 1. The van der Waals surface area contributed by atoms with Gasteiger partial charge in [-0.15, -0.1) is 0 Å². The fraction of sp³-hybridized carbons (Fsp3) is 0.182. The van der Waals surface area contributed by atoms with E-state index in [9.17, 15) is 14.4 Å². The van der Waals surface area contributed by atoms with Crippen molar-refractivity contribution in [2.45, 2.75) is 12.5 Å². The lowest BCUT2D eigenvalue weighted by Gasteiger charge is -2.38. The minimum atomic E-state index is -0.914. The first kappa shape index (κ1) is 11.1. The standard InChI is InChI=1S/C11H11N3O3/c12-11(17)13-10(16)8-6-9(15)14(8)7-4-2-1-3-5-7/h1-5,8H,6H2,(H3,12,13,16,17). The Morgan fingerprint density at radius 3 is 2.47 bits per heavy atom. The summed E-state index contributed by atoms with van der Waals surface area (Å²) in [6.45, 7) is 0. The Labute approximate surface area is 97.4 Å². The molecule has 0 bridgehead atoms. The number of nitrogens with two attached hydrogens (primary N) is 1. The molecule has 1 aliphatic rings. The van der Waals surface area contributed by atoms with Crippen LogP contribution < -0.4 is 16.0 Å². The van der Waals surface area contributed by atoms with E-state index in [2.05, 4.69) is 0 Å². The van der Waals surface area contributed by atoms with E-state index in [0.717, 1.165) is 0 Å². The number of hydrogen-bond donors (Lipinski definition) is 2. The third kappa shape index (κ3) is 2.10. The number of anilines is 1. The summed E-state index contributed by atoms with van der Waals surface area (Å²) in [5, 5.41) is 1.97. The van der Waals surface area contributed by atoms with E-state index in [1.165, 1.54) is 4.90 Å². The minimum absolute atomic E-state index is 0.0913. The van der Waals surface area contributed by atoms with Gasteiger partial charge in [0.25, 0.3) is 5.91 Å². The SMILES string of the molecule is NC(=O)NC(=O)C1CC(=O)N1c1ccccc1. The van der Waals surface area contributed by atoms with E-state index in [4.69, 9.17) is 5.73 Å². The Balaban J connectivity index is 2.14. The van der Waals surface area contributed by atoms with Crippen LogP contribution in [-0.2, 0) is 9.59 Å². The first-order valence-electron chi connectivity index (χ1n) is 5.07. The van der Waals surface area contributed by atoms with Crippen LogP contribution >= 0.6 is 0 Å². The maximum Gasteiger partial charge on any atom is 0.318 e. The Hall–Kier alpha value is -2.37. The highest BCUT2D eigenvalue weighted by Gasteiger charge is 2.42. The highest BCUT2D eigenvalue weighted by molar-refractivity contribution is 6.12. The van der Waals surface area contributed by atoms with Crippen molar-refractivity contribution < 1.29 is 14.4 Å². The molecule has 6 nitrogen and oxygen atoms in total. The topological polar surface area (TPSA) is 92.5 Å². The summed E-state index contributed by atoms with van der Waals surface area (Å²) in [7, 11) is 0. The van der Waals surface area contributed by atoms with Gasteiger partial charge in [-0.25, -0.2) is 4.79 Å². The number of imide groups is 1. The highest BCUT2D eigenvalue weighted by atomic mass is 16.2. The van der Waals surface area contributed by atoms with Gasteiger partial charge in [-0.05, 0) is 12.1 Å². The summed E-state index contributed by atoms with van der Waals surface area (Å²) < 4.78 is 0. The molecule has 0 aliphatic carbocycles. The van der Waals surface area contributed by atoms with Crippen molar-refractivity contribution in [2.75, 3.05) is 4.90 Å². The van der Waals surface area contributed by atoms with Crippen molar-refractivity contribution >= 4 is 23.5 Å². The largest absolute Gasteiger partial charge is 0.351 e. The molecule has 6 heteroatoms. The zero-order valence-corrected chi connectivity index (χ0v) is 8.92. The second-order valence-electron chi connectivity index (χ2n) is 3.67. The average Bonchev–Trinajstić information content (AvgIpc) is 2.26. The van der Waals surface area contributed by atoms with Gasteiger partial charge in [-0.2, -0.15) is 0 Å². The molecule has 1 aromatic rings. The minimum Gasteiger partial charge on any atom is -0.351 e. The number of benzene rings is 1. The molecule has 1 unspecified atom stereocenters. The van der Waals surface area contributed by atoms with Crippen molar-refractivity contribution in [2.24, 2.45) is 5.73 Å². The number of para-hydroxylation sites is 1. The summed E-state index contributed by atoms with van der Waals surface area (Å²) in [4.78, 5) is 34.9. The van der Waals surface area contributed by atoms with Crippen LogP contribution in [0.25, 0.3) is 0 Å². The van der Waals surface area contributed by atoms with Crippen LogP contribution in [0.3, 0.4) is 0 Å². The highest BCUT2D eigenvalue weighted by Crippen LogP contribution is 2.27. The zero-order chi connectivity index (χ0) is 12.4. The number of hydrogen-bond acceptors (Lipinski definition) is 3. The molecule has 1 aliphatic heterocycles. The van der Waals surface area contributed by atoms with Crippen molar-refractivity contribution in [3.05, 3.63) is 30.3 Å². The van der Waals surface area contributed by atoms with Crippen molar-refractivity contribution in [3.63, 3.8) is 0 Å². The van der Waals surface area contributed by atoms with Crippen LogP contribution in [-0.4, -0.2) is 23.9 Å². The van der Waals surface area contributed by atoms with Gasteiger partial charge in [0.05, 0.1) is 6.42 Å². The lowest BCUT2D eigenvalue weighted by atomic mass is 10.00. The smallest absolute Gasteiger partial charge is 0.318 e. The molecular formula is C11H11N3O3. The molecule has 1 atom stereocenters. The number of urea groups is 1. The van der Waals surface area contributed by atoms with E-state index in [1.54, 1.807) is 24.3 Å². The molecule has 1 fully saturated rings. The van der Waals surface area contributed by atoms with Gasteiger partial charge in [0.1, 0.15) is 6.04 Å². The monoisotopic (exact) mass is 233 g/mol. The number of β-lactam (4-membered cyclic amide) rings is 1. The molecule has 0 saturated carbocycles. The molecule has 3 N–H and O–H groups in total. The predicted molar refractivity (Wildman–Crippen MR) is 60.1 cm³/mol. The summed E-state index contributed by atoms with van der Waals surface area (Å²) in [6.07, 6.45) is 0.0913. The van der Waals surface area contributed by atoms with E-state index >= 15 is 0 Å². The first-order valence-corrected chi connectivity index (χ1v) is 5.07. The second-order valence-corrected chi connectivity index (χ2v) is 3.67. The molecule has 1 aromatic carbocycles. The number of nitrogens with one attached hydrogen (secondary N) is 1. The third-order valence-corrected chi connectivity index (χ3v) is 2.53. The quantitative estimate of drug-likeness (QED) is 0.703. The van der Waals surface area contributed by atoms with Gasteiger partial charge in [0.15, 0.2) is 0 Å². The Morgan fingerprint density at radius 1 is 1.29 bits per heavy atom. The molecule has 88 valence electrons. The average molecular weight is 233 g/mol. The molecule has 1 saturated heterocycles. The molecule has 17 heavy (non-hydrogen) atoms. The Bertz CT molecular complexity index is 472. The number of nitrogens with zero attached hydrogens (tertiary/aromatic N) is 1. The lowest BCUT2D eigenvalue weighted by Crippen LogP contribution is -2.61.